The molecule has 34 heavy (non-hydrogen) atoms. The molecule has 2 N–H and O–H groups in total. The number of hydrogen-bond acceptors (Lipinski definition) is 7. The number of carbonyl (C=O) groups is 1. The summed E-state index contributed by atoms with van der Waals surface area (Å²) >= 11 is 1.36. The van der Waals surface area contributed by atoms with E-state index in [0.717, 1.165) is 18.2 Å². The number of thioether (sulfide) groups is 1. The maximum absolute atomic E-state index is 13.2. The number of anilines is 1. The second-order valence-corrected chi connectivity index (χ2v) is 10.3. The van der Waals surface area contributed by atoms with Gasteiger partial charge in [0, 0.05) is 16.1 Å². The highest BCUT2D eigenvalue weighted by Crippen LogP contribution is 2.42. The van der Waals surface area contributed by atoms with Crippen LogP contribution in [0.5, 0.6) is 5.75 Å². The number of amides is 1. The number of aromatic hydroxyl groups is 1. The number of carbonyl (C=O) groups excluding carboxylic acids is 1. The molecule has 182 valence electrons. The van der Waals surface area contributed by atoms with Crippen LogP contribution in [0.4, 0.5) is 18.9 Å². The van der Waals surface area contributed by atoms with Gasteiger partial charge in [-0.25, -0.2) is 8.42 Å². The molecule has 0 atom stereocenters. The number of rotatable bonds is 5. The molecule has 7 nitrogen and oxygen atoms in total. The highest BCUT2D eigenvalue weighted by molar-refractivity contribution is 7.98. The van der Waals surface area contributed by atoms with Crippen molar-refractivity contribution >= 4 is 33.2 Å². The Balaban J connectivity index is 2.07. The number of aromatic nitrogens is 1. The molecular formula is C22H21F3N2O5S2. The number of nitrogens with zero attached hydrogens (tertiary/aromatic N) is 1. The highest BCUT2D eigenvalue weighted by Gasteiger charge is 2.47. The monoisotopic (exact) mass is 514 g/mol. The van der Waals surface area contributed by atoms with E-state index in [0.29, 0.717) is 33.0 Å². The first-order valence-corrected chi connectivity index (χ1v) is 12.5. The van der Waals surface area contributed by atoms with Gasteiger partial charge in [0.25, 0.3) is 15.7 Å². The summed E-state index contributed by atoms with van der Waals surface area (Å²) in [6, 6.07) is 4.40. The molecule has 0 saturated carbocycles. The molecule has 0 aliphatic carbocycles. The van der Waals surface area contributed by atoms with Gasteiger partial charge >= 0.3 is 5.51 Å². The van der Waals surface area contributed by atoms with Crippen LogP contribution in [0.3, 0.4) is 0 Å². The van der Waals surface area contributed by atoms with E-state index < -0.39 is 26.1 Å². The molecule has 12 heteroatoms. The largest absolute Gasteiger partial charge is 0.506 e. The Morgan fingerprint density at radius 2 is 1.79 bits per heavy atom. The summed E-state index contributed by atoms with van der Waals surface area (Å²) in [5.74, 6) is -0.572. The minimum absolute atomic E-state index is 0.0340. The highest BCUT2D eigenvalue weighted by atomic mass is 32.2. The molecule has 3 rings (SSSR count). The lowest BCUT2D eigenvalue weighted by atomic mass is 9.96. The molecule has 3 aromatic rings. The number of benzene rings is 2. The van der Waals surface area contributed by atoms with Crippen LogP contribution in [0.15, 0.2) is 38.6 Å². The van der Waals surface area contributed by atoms with Crippen LogP contribution in [0.25, 0.3) is 11.1 Å². The lowest BCUT2D eigenvalue weighted by molar-refractivity contribution is -0.0436. The SMILES string of the molecule is CSc1cc(-c2c(C)noc2C)c(O)c(C(=O)Nc2ccc(S(=O)(=O)C(F)(F)F)cc2C)c1C. The van der Waals surface area contributed by atoms with Crippen LogP contribution in [0.1, 0.15) is 32.9 Å². The maximum atomic E-state index is 13.2. The van der Waals surface area contributed by atoms with Gasteiger partial charge in [-0.3, -0.25) is 4.79 Å². The fourth-order valence-electron chi connectivity index (χ4n) is 3.55. The zero-order chi connectivity index (χ0) is 25.6. The molecule has 0 aliphatic heterocycles. The lowest BCUT2D eigenvalue weighted by Crippen LogP contribution is -2.23. The van der Waals surface area contributed by atoms with E-state index in [2.05, 4.69) is 10.5 Å². The number of alkyl halides is 3. The molecule has 0 unspecified atom stereocenters. The van der Waals surface area contributed by atoms with Crippen molar-refractivity contribution in [1.29, 1.82) is 0 Å². The number of phenols is 1. The molecule has 1 heterocycles. The Kier molecular flexibility index (Phi) is 6.78. The minimum atomic E-state index is -5.53. The van der Waals surface area contributed by atoms with Crippen LogP contribution >= 0.6 is 11.8 Å². The topological polar surface area (TPSA) is 110 Å². The summed E-state index contributed by atoms with van der Waals surface area (Å²) in [7, 11) is -5.53. The number of hydrogen-bond donors (Lipinski definition) is 2. The number of sulfone groups is 1. The summed E-state index contributed by atoms with van der Waals surface area (Å²) in [6.45, 7) is 6.39. The van der Waals surface area contributed by atoms with E-state index in [4.69, 9.17) is 4.52 Å². The third kappa shape index (κ3) is 4.39. The van der Waals surface area contributed by atoms with E-state index in [9.17, 15) is 31.5 Å². The first kappa shape index (κ1) is 25.6. The quantitative estimate of drug-likeness (QED) is 0.430. The fraction of sp³-hybridized carbons (Fsp3) is 0.273. The predicted octanol–water partition coefficient (Wildman–Crippen LogP) is 5.55. The Hall–Kier alpha value is -2.99. The summed E-state index contributed by atoms with van der Waals surface area (Å²) in [5, 5.41) is 17.5. The minimum Gasteiger partial charge on any atom is -0.506 e. The van der Waals surface area contributed by atoms with Crippen molar-refractivity contribution in [1.82, 2.24) is 5.16 Å². The van der Waals surface area contributed by atoms with Crippen LogP contribution < -0.4 is 5.32 Å². The van der Waals surface area contributed by atoms with Crippen molar-refractivity contribution < 1.29 is 36.0 Å². The van der Waals surface area contributed by atoms with Crippen molar-refractivity contribution in [3.63, 3.8) is 0 Å². The molecule has 0 radical (unpaired) electrons. The second-order valence-electron chi connectivity index (χ2n) is 7.55. The summed E-state index contributed by atoms with van der Waals surface area (Å²) < 4.78 is 67.1. The standard InChI is InChI=1S/C22H21F3N2O5S2/c1-10-8-14(34(30,31)22(23,24)25)6-7-16(10)26-21(29)18-11(2)17(33-5)9-15(20(18)28)19-12(3)27-32-13(19)4/h6-9,28H,1-5H3,(H,26,29). The molecule has 0 saturated heterocycles. The van der Waals surface area contributed by atoms with Gasteiger partial charge in [-0.15, -0.1) is 11.8 Å². The summed E-state index contributed by atoms with van der Waals surface area (Å²) in [5.41, 5.74) is -3.38. The Morgan fingerprint density at radius 1 is 1.15 bits per heavy atom. The van der Waals surface area contributed by atoms with Gasteiger partial charge in [-0.1, -0.05) is 5.16 Å². The molecule has 2 aromatic carbocycles. The third-order valence-electron chi connectivity index (χ3n) is 5.32. The summed E-state index contributed by atoms with van der Waals surface area (Å²) in [4.78, 5) is 13.0. The van der Waals surface area contributed by atoms with E-state index in [1.54, 1.807) is 26.8 Å². The van der Waals surface area contributed by atoms with Crippen LogP contribution in [0, 0.1) is 27.7 Å². The van der Waals surface area contributed by atoms with Gasteiger partial charge in [0.1, 0.15) is 11.5 Å². The maximum Gasteiger partial charge on any atom is 0.501 e. The van der Waals surface area contributed by atoms with E-state index in [1.165, 1.54) is 18.7 Å². The van der Waals surface area contributed by atoms with Crippen molar-refractivity contribution in [3.05, 3.63) is 52.4 Å². The van der Waals surface area contributed by atoms with Gasteiger partial charge in [-0.2, -0.15) is 13.2 Å². The van der Waals surface area contributed by atoms with Crippen LogP contribution in [-0.2, 0) is 9.84 Å². The Bertz CT molecular complexity index is 1380. The third-order valence-corrected chi connectivity index (χ3v) is 7.67. The van der Waals surface area contributed by atoms with Gasteiger partial charge in [0.05, 0.1) is 21.7 Å². The number of nitrogens with one attached hydrogen (secondary N) is 1. The van der Waals surface area contributed by atoms with Gasteiger partial charge in [0.15, 0.2) is 0 Å². The smallest absolute Gasteiger partial charge is 0.501 e. The first-order chi connectivity index (χ1) is 15.7. The van der Waals surface area contributed by atoms with Crippen LogP contribution in [0.2, 0.25) is 0 Å². The number of aryl methyl sites for hydroxylation is 3. The average molecular weight is 515 g/mol. The normalized spacial score (nSPS) is 12.1. The predicted molar refractivity (Wildman–Crippen MR) is 122 cm³/mol. The molecule has 1 aromatic heterocycles. The first-order valence-electron chi connectivity index (χ1n) is 9.77. The Labute approximate surface area is 198 Å². The van der Waals surface area contributed by atoms with E-state index in [1.807, 2.05) is 6.26 Å². The summed E-state index contributed by atoms with van der Waals surface area (Å²) in [6.07, 6.45) is 1.81. The van der Waals surface area contributed by atoms with Crippen molar-refractivity contribution in [2.75, 3.05) is 11.6 Å². The van der Waals surface area contributed by atoms with Gasteiger partial charge < -0.3 is 14.9 Å². The van der Waals surface area contributed by atoms with Crippen molar-refractivity contribution in [2.24, 2.45) is 0 Å². The average Bonchev–Trinajstić information content (AvgIpc) is 3.07. The number of phenolic OH excluding ortho intramolecular Hbond substituents is 1. The molecule has 0 spiro atoms. The lowest BCUT2D eigenvalue weighted by Gasteiger charge is -2.17. The van der Waals surface area contributed by atoms with E-state index in [-0.39, 0.29) is 22.6 Å². The molecule has 0 bridgehead atoms. The van der Waals surface area contributed by atoms with Crippen LogP contribution in [-0.4, -0.2) is 36.4 Å². The molecule has 1 amide bonds. The van der Waals surface area contributed by atoms with Gasteiger partial charge in [-0.05, 0) is 69.3 Å². The number of halogens is 3. The molecular weight excluding hydrogens is 493 g/mol. The zero-order valence-corrected chi connectivity index (χ0v) is 20.4. The van der Waals surface area contributed by atoms with Gasteiger partial charge in [0.2, 0.25) is 0 Å². The fourth-order valence-corrected chi connectivity index (χ4v) is 5.04. The molecule has 0 fully saturated rings. The molecule has 0 aliphatic rings. The van der Waals surface area contributed by atoms with Crippen molar-refractivity contribution in [2.45, 2.75) is 43.0 Å². The van der Waals surface area contributed by atoms with E-state index >= 15 is 0 Å². The zero-order valence-electron chi connectivity index (χ0n) is 18.8. The Morgan fingerprint density at radius 3 is 2.29 bits per heavy atom. The van der Waals surface area contributed by atoms with Crippen molar-refractivity contribution in [3.8, 4) is 16.9 Å². The second kappa shape index (κ2) is 8.99.